The molecule has 0 aliphatic carbocycles. The predicted octanol–water partition coefficient (Wildman–Crippen LogP) is 11.8. The number of nitrogens with zero attached hydrogens (tertiary/aromatic N) is 6. The maximum absolute atomic E-state index is 5.20. The maximum Gasteiger partial charge on any atom is 0.160 e. The summed E-state index contributed by atoms with van der Waals surface area (Å²) >= 11 is 0. The molecule has 0 fully saturated rings. The van der Waals surface area contributed by atoms with Crippen LogP contribution in [0.2, 0.25) is 0 Å². The van der Waals surface area contributed by atoms with Crippen molar-refractivity contribution in [2.45, 2.75) is 0 Å². The fraction of sp³-hybridized carbons (Fsp3) is 0. The van der Waals surface area contributed by atoms with Gasteiger partial charge < -0.3 is 4.57 Å². The van der Waals surface area contributed by atoms with Gasteiger partial charge in [0, 0.05) is 33.8 Å². The summed E-state index contributed by atoms with van der Waals surface area (Å²) in [4.78, 5) is 25.2. The normalized spacial score (nSPS) is 11.3. The van der Waals surface area contributed by atoms with Crippen molar-refractivity contribution >= 4 is 21.8 Å². The van der Waals surface area contributed by atoms with Crippen LogP contribution in [0.15, 0.2) is 194 Å². The van der Waals surface area contributed by atoms with Gasteiger partial charge in [0.1, 0.15) is 0 Å². The molecular formula is C49H32N6. The molecule has 0 amide bonds. The Bertz CT molecular complexity index is 2860. The quantitative estimate of drug-likeness (QED) is 0.165. The van der Waals surface area contributed by atoms with Crippen LogP contribution in [0.25, 0.3) is 95.4 Å². The molecule has 0 bridgehead atoms. The Balaban J connectivity index is 1.11. The first-order chi connectivity index (χ1) is 27.2. The number of pyridine rings is 3. The van der Waals surface area contributed by atoms with Gasteiger partial charge in [0.25, 0.3) is 0 Å². The molecule has 0 spiro atoms. The van der Waals surface area contributed by atoms with Crippen LogP contribution in [0.4, 0.5) is 0 Å². The Labute approximate surface area is 318 Å². The van der Waals surface area contributed by atoms with Crippen molar-refractivity contribution in [3.8, 4) is 73.6 Å². The fourth-order valence-electron chi connectivity index (χ4n) is 7.27. The predicted molar refractivity (Wildman–Crippen MR) is 222 cm³/mol. The molecule has 6 heteroatoms. The number of rotatable bonds is 7. The molecule has 0 radical (unpaired) electrons. The van der Waals surface area contributed by atoms with Crippen molar-refractivity contribution in [1.82, 2.24) is 29.5 Å². The first-order valence-electron chi connectivity index (χ1n) is 18.3. The molecule has 10 rings (SSSR count). The number of para-hydroxylation sites is 2. The lowest BCUT2D eigenvalue weighted by molar-refractivity contribution is 1.14. The van der Waals surface area contributed by atoms with Crippen LogP contribution in [-0.4, -0.2) is 29.5 Å². The first kappa shape index (κ1) is 32.1. The highest BCUT2D eigenvalue weighted by atomic mass is 15.0. The monoisotopic (exact) mass is 704 g/mol. The zero-order valence-corrected chi connectivity index (χ0v) is 29.7. The van der Waals surface area contributed by atoms with E-state index < -0.39 is 0 Å². The highest BCUT2D eigenvalue weighted by molar-refractivity contribution is 6.09. The van der Waals surface area contributed by atoms with Gasteiger partial charge in [0.15, 0.2) is 5.82 Å². The molecule has 0 aliphatic heterocycles. The van der Waals surface area contributed by atoms with E-state index in [9.17, 15) is 0 Å². The Morgan fingerprint density at radius 1 is 0.309 bits per heavy atom. The third kappa shape index (κ3) is 6.11. The van der Waals surface area contributed by atoms with Crippen LogP contribution in [0.1, 0.15) is 0 Å². The van der Waals surface area contributed by atoms with Crippen LogP contribution in [0.5, 0.6) is 0 Å². The molecular weight excluding hydrogens is 673 g/mol. The van der Waals surface area contributed by atoms with Crippen molar-refractivity contribution in [3.63, 3.8) is 0 Å². The molecule has 0 unspecified atom stereocenters. The molecule has 5 heterocycles. The largest absolute Gasteiger partial charge is 0.309 e. The lowest BCUT2D eigenvalue weighted by atomic mass is 10.0. The standard InChI is InChI=1S/C49H32N6/c1-3-15-33(16-4-1)36-30-44(40-23-11-12-28-50-40)52-45(31-36)41-24-14-25-42(51-41)46-32-43(34-17-5-2-6-18-34)53-49(54-46)35-19-13-20-37(29-35)55-47-26-9-7-21-38(47)39-22-8-10-27-48(39)55/h1-32H. The molecule has 10 aromatic rings. The van der Waals surface area contributed by atoms with Gasteiger partial charge in [-0.15, -0.1) is 0 Å². The zero-order chi connectivity index (χ0) is 36.6. The van der Waals surface area contributed by atoms with Crippen LogP contribution in [0, 0.1) is 0 Å². The lowest BCUT2D eigenvalue weighted by Crippen LogP contribution is -1.99. The Hall–Kier alpha value is -7.57. The van der Waals surface area contributed by atoms with E-state index >= 15 is 0 Å². The lowest BCUT2D eigenvalue weighted by Gasteiger charge is -2.13. The Kier molecular flexibility index (Phi) is 8.04. The molecule has 0 saturated carbocycles. The molecule has 0 N–H and O–H groups in total. The third-order valence-electron chi connectivity index (χ3n) is 9.87. The second-order valence-corrected chi connectivity index (χ2v) is 13.4. The summed E-state index contributed by atoms with van der Waals surface area (Å²) in [5.74, 6) is 0.618. The molecule has 0 saturated heterocycles. The van der Waals surface area contributed by atoms with E-state index in [0.717, 1.165) is 78.8 Å². The van der Waals surface area contributed by atoms with E-state index in [1.807, 2.05) is 78.9 Å². The van der Waals surface area contributed by atoms with Gasteiger partial charge in [-0.05, 0) is 77.9 Å². The van der Waals surface area contributed by atoms with E-state index in [2.05, 4.69) is 119 Å². The number of hydrogen-bond donors (Lipinski definition) is 0. The van der Waals surface area contributed by atoms with E-state index in [-0.39, 0.29) is 0 Å². The molecule has 258 valence electrons. The summed E-state index contributed by atoms with van der Waals surface area (Å²) in [6.45, 7) is 0. The van der Waals surface area contributed by atoms with E-state index in [0.29, 0.717) is 5.82 Å². The number of benzene rings is 5. The van der Waals surface area contributed by atoms with Crippen molar-refractivity contribution in [1.29, 1.82) is 0 Å². The van der Waals surface area contributed by atoms with E-state index in [4.69, 9.17) is 19.9 Å². The summed E-state index contributed by atoms with van der Waals surface area (Å²) in [7, 11) is 0. The highest BCUT2D eigenvalue weighted by Gasteiger charge is 2.17. The molecule has 6 nitrogen and oxygen atoms in total. The molecule has 5 aromatic heterocycles. The van der Waals surface area contributed by atoms with Gasteiger partial charge in [-0.1, -0.05) is 121 Å². The average Bonchev–Trinajstić information content (AvgIpc) is 3.61. The minimum Gasteiger partial charge on any atom is -0.309 e. The molecule has 0 atom stereocenters. The first-order valence-corrected chi connectivity index (χ1v) is 18.3. The SMILES string of the molecule is c1ccc(-c2cc(-c3ccccn3)nc(-c3cccc(-c4cc(-c5ccccc5)nc(-c5cccc(-n6c7ccccc7c7ccccc76)c5)n4)n3)c2)cc1. The Morgan fingerprint density at radius 3 is 1.53 bits per heavy atom. The molecule has 0 aliphatic rings. The summed E-state index contributed by atoms with van der Waals surface area (Å²) in [6.07, 6.45) is 1.79. The zero-order valence-electron chi connectivity index (χ0n) is 29.7. The highest BCUT2D eigenvalue weighted by Crippen LogP contribution is 2.35. The average molecular weight is 705 g/mol. The summed E-state index contributed by atoms with van der Waals surface area (Å²) in [5, 5.41) is 2.44. The van der Waals surface area contributed by atoms with Gasteiger partial charge in [-0.2, -0.15) is 0 Å². The molecule has 5 aromatic carbocycles. The van der Waals surface area contributed by atoms with Crippen molar-refractivity contribution in [2.75, 3.05) is 0 Å². The number of aromatic nitrogens is 6. The summed E-state index contributed by atoms with van der Waals surface area (Å²) < 4.78 is 2.32. The van der Waals surface area contributed by atoms with E-state index in [1.54, 1.807) is 6.20 Å². The minimum atomic E-state index is 0.618. The van der Waals surface area contributed by atoms with Crippen LogP contribution in [-0.2, 0) is 0 Å². The minimum absolute atomic E-state index is 0.618. The number of fused-ring (bicyclic) bond motifs is 3. The van der Waals surface area contributed by atoms with Gasteiger partial charge in [-0.3, -0.25) is 4.98 Å². The third-order valence-corrected chi connectivity index (χ3v) is 9.87. The van der Waals surface area contributed by atoms with Crippen molar-refractivity contribution < 1.29 is 0 Å². The number of hydrogen-bond acceptors (Lipinski definition) is 5. The molecule has 55 heavy (non-hydrogen) atoms. The van der Waals surface area contributed by atoms with Gasteiger partial charge in [0.05, 0.1) is 50.9 Å². The van der Waals surface area contributed by atoms with Crippen LogP contribution >= 0.6 is 0 Å². The second-order valence-electron chi connectivity index (χ2n) is 13.4. The van der Waals surface area contributed by atoms with Crippen molar-refractivity contribution in [2.24, 2.45) is 0 Å². The second kappa shape index (κ2) is 13.8. The fourth-order valence-corrected chi connectivity index (χ4v) is 7.27. The van der Waals surface area contributed by atoms with Crippen molar-refractivity contribution in [3.05, 3.63) is 194 Å². The smallest absolute Gasteiger partial charge is 0.160 e. The summed E-state index contributed by atoms with van der Waals surface area (Å²) in [6, 6.07) is 64.2. The topological polar surface area (TPSA) is 69.4 Å². The maximum atomic E-state index is 5.20. The van der Waals surface area contributed by atoms with Gasteiger partial charge >= 0.3 is 0 Å². The van der Waals surface area contributed by atoms with Gasteiger partial charge in [0.2, 0.25) is 0 Å². The van der Waals surface area contributed by atoms with E-state index in [1.165, 1.54) is 10.8 Å². The van der Waals surface area contributed by atoms with Crippen LogP contribution in [0.3, 0.4) is 0 Å². The summed E-state index contributed by atoms with van der Waals surface area (Å²) in [5.41, 5.74) is 12.7. The van der Waals surface area contributed by atoms with Crippen LogP contribution < -0.4 is 0 Å². The van der Waals surface area contributed by atoms with Gasteiger partial charge in [-0.25, -0.2) is 19.9 Å². The Morgan fingerprint density at radius 2 is 0.836 bits per heavy atom.